The first-order chi connectivity index (χ1) is 24.3. The van der Waals surface area contributed by atoms with Crippen LogP contribution in [-0.4, -0.2) is 28.0 Å². The van der Waals surface area contributed by atoms with Crippen LogP contribution in [0, 0.1) is 24.3 Å². The monoisotopic (exact) mass is 852 g/mol. The molecule has 0 N–H and O–H groups in total. The third-order valence-corrected chi connectivity index (χ3v) is 12.7. The standard InChI is InChI=1S/C44H28N4Si.2Pd/c1-5-17-33(18-6-1)37-25-13-29-41(45-37)49(42-30-14-26-38(46-42)34-19-7-2-8-20-34,43-31-15-27-39(47-43)35-21-9-3-10-22-35)44-32-16-28-40(48-44)36-23-11-4-12-24-36;;/h1-17,19,21,23,25-32H;;/q-4;2*+2. The van der Waals surface area contributed by atoms with Crippen molar-refractivity contribution < 1.29 is 40.8 Å². The van der Waals surface area contributed by atoms with Crippen molar-refractivity contribution in [1.82, 2.24) is 19.9 Å². The molecule has 0 saturated carbocycles. The summed E-state index contributed by atoms with van der Waals surface area (Å²) in [7, 11) is -3.46. The first-order valence-corrected chi connectivity index (χ1v) is 18.1. The number of pyridine rings is 4. The van der Waals surface area contributed by atoms with Crippen molar-refractivity contribution in [2.75, 3.05) is 0 Å². The summed E-state index contributed by atoms with van der Waals surface area (Å²) < 4.78 is 0. The number of aromatic nitrogens is 4. The molecule has 8 aromatic rings. The molecule has 0 radical (unpaired) electrons. The molecule has 51 heavy (non-hydrogen) atoms. The second-order valence-corrected chi connectivity index (χ2v) is 15.0. The molecule has 0 spiro atoms. The Morgan fingerprint density at radius 3 is 0.765 bits per heavy atom. The summed E-state index contributed by atoms with van der Waals surface area (Å²) in [4.78, 5) is 21.8. The van der Waals surface area contributed by atoms with Crippen molar-refractivity contribution in [2.24, 2.45) is 0 Å². The van der Waals surface area contributed by atoms with Crippen LogP contribution in [0.2, 0.25) is 0 Å². The number of rotatable bonds is 8. The molecule has 4 aromatic heterocycles. The van der Waals surface area contributed by atoms with E-state index in [2.05, 4.69) is 72.8 Å². The number of hydrogen-bond donors (Lipinski definition) is 0. The molecule has 4 nitrogen and oxygen atoms in total. The van der Waals surface area contributed by atoms with Gasteiger partial charge in [0.05, 0.1) is 0 Å². The predicted molar refractivity (Wildman–Crippen MR) is 198 cm³/mol. The topological polar surface area (TPSA) is 51.6 Å². The zero-order chi connectivity index (χ0) is 32.9. The molecule has 0 aliphatic rings. The Morgan fingerprint density at radius 2 is 0.549 bits per heavy atom. The molecular formula is C44H28N4Pd2Si. The van der Waals surface area contributed by atoms with E-state index in [0.717, 1.165) is 66.3 Å². The number of hydrogen-bond acceptors (Lipinski definition) is 4. The van der Waals surface area contributed by atoms with E-state index in [0.29, 0.717) is 0 Å². The maximum Gasteiger partial charge on any atom is 2.00 e. The van der Waals surface area contributed by atoms with Gasteiger partial charge in [-0.2, -0.15) is 0 Å². The minimum absolute atomic E-state index is 0. The minimum atomic E-state index is -3.46. The molecular weight excluding hydrogens is 825 g/mol. The van der Waals surface area contributed by atoms with E-state index < -0.39 is 8.07 Å². The van der Waals surface area contributed by atoms with Gasteiger partial charge in [-0.05, 0) is 47.0 Å². The predicted octanol–water partition coefficient (Wildman–Crippen LogP) is 6.51. The molecule has 8 rings (SSSR count). The summed E-state index contributed by atoms with van der Waals surface area (Å²) in [6, 6.07) is 70.0. The molecule has 0 amide bonds. The molecule has 248 valence electrons. The summed E-state index contributed by atoms with van der Waals surface area (Å²) in [5.41, 5.74) is 6.93. The molecule has 0 aliphatic carbocycles. The van der Waals surface area contributed by atoms with Crippen LogP contribution >= 0.6 is 0 Å². The zero-order valence-electron chi connectivity index (χ0n) is 27.1. The van der Waals surface area contributed by atoms with Gasteiger partial charge in [0, 0.05) is 21.3 Å². The van der Waals surface area contributed by atoms with E-state index in [1.807, 2.05) is 121 Å². The van der Waals surface area contributed by atoms with E-state index in [-0.39, 0.29) is 40.8 Å². The van der Waals surface area contributed by atoms with Crippen LogP contribution in [0.15, 0.2) is 170 Å². The van der Waals surface area contributed by atoms with Crippen LogP contribution in [-0.2, 0) is 40.8 Å². The van der Waals surface area contributed by atoms with Gasteiger partial charge in [-0.3, -0.25) is 0 Å². The Kier molecular flexibility index (Phi) is 11.5. The molecule has 0 saturated heterocycles. The quantitative estimate of drug-likeness (QED) is 0.129. The summed E-state index contributed by atoms with van der Waals surface area (Å²) in [5, 5.41) is 3.47. The fourth-order valence-corrected chi connectivity index (χ4v) is 10.3. The summed E-state index contributed by atoms with van der Waals surface area (Å²) in [6.07, 6.45) is 0. The molecule has 7 heteroatoms. The van der Waals surface area contributed by atoms with Crippen LogP contribution in [0.25, 0.3) is 45.0 Å². The van der Waals surface area contributed by atoms with Crippen molar-refractivity contribution in [3.05, 3.63) is 194 Å². The summed E-state index contributed by atoms with van der Waals surface area (Å²) in [6.45, 7) is 0. The molecule has 0 atom stereocenters. The van der Waals surface area contributed by atoms with Crippen LogP contribution in [0.1, 0.15) is 0 Å². The summed E-state index contributed by atoms with van der Waals surface area (Å²) in [5.74, 6) is 0. The van der Waals surface area contributed by atoms with Gasteiger partial charge in [-0.25, -0.2) is 0 Å². The van der Waals surface area contributed by atoms with Gasteiger partial charge < -0.3 is 19.9 Å². The number of benzene rings is 4. The van der Waals surface area contributed by atoms with Gasteiger partial charge in [-0.15, -0.1) is 144 Å². The van der Waals surface area contributed by atoms with Crippen LogP contribution in [0.3, 0.4) is 0 Å². The third kappa shape index (κ3) is 7.28. The van der Waals surface area contributed by atoms with E-state index in [9.17, 15) is 0 Å². The van der Waals surface area contributed by atoms with Gasteiger partial charge in [0.2, 0.25) is 0 Å². The average molecular weight is 854 g/mol. The van der Waals surface area contributed by atoms with Crippen molar-refractivity contribution in [1.29, 1.82) is 0 Å². The fourth-order valence-electron chi connectivity index (χ4n) is 6.17. The van der Waals surface area contributed by atoms with Crippen molar-refractivity contribution in [3.8, 4) is 45.0 Å². The van der Waals surface area contributed by atoms with Gasteiger partial charge in [0.1, 0.15) is 0 Å². The molecule has 0 unspecified atom stereocenters. The van der Waals surface area contributed by atoms with E-state index in [1.165, 1.54) is 0 Å². The van der Waals surface area contributed by atoms with Crippen molar-refractivity contribution >= 4 is 29.3 Å². The molecule has 0 fully saturated rings. The molecule has 4 heterocycles. The van der Waals surface area contributed by atoms with Crippen molar-refractivity contribution in [3.63, 3.8) is 0 Å². The molecule has 4 aromatic carbocycles. The zero-order valence-corrected chi connectivity index (χ0v) is 31.2. The van der Waals surface area contributed by atoms with Gasteiger partial charge in [-0.1, -0.05) is 48.5 Å². The Morgan fingerprint density at radius 1 is 0.294 bits per heavy atom. The maximum absolute atomic E-state index is 5.44. The molecule has 0 bridgehead atoms. The van der Waals surface area contributed by atoms with Crippen molar-refractivity contribution in [2.45, 2.75) is 0 Å². The summed E-state index contributed by atoms with van der Waals surface area (Å²) >= 11 is 0. The van der Waals surface area contributed by atoms with Gasteiger partial charge >= 0.3 is 40.8 Å². The SMILES string of the molecule is [Pd+2].[Pd+2].[c-]1ccccc1-c1cccc([Si](c2cccc(-c3[c-]cccc3)n2)(c2cccc(-c3[c-]cccc3)n2)c2cccc(-c3[c-]cccc3)n2)n1. The van der Waals surface area contributed by atoms with Gasteiger partial charge in [0.15, 0.2) is 0 Å². The van der Waals surface area contributed by atoms with Gasteiger partial charge in [0.25, 0.3) is 8.07 Å². The molecule has 0 aliphatic heterocycles. The van der Waals surface area contributed by atoms with E-state index in [4.69, 9.17) is 19.9 Å². The Balaban J connectivity index is 0.00000224. The second kappa shape index (κ2) is 16.4. The minimum Gasteiger partial charge on any atom is -0.305 e. The van der Waals surface area contributed by atoms with Crippen LogP contribution < -0.4 is 21.3 Å². The Bertz CT molecular complexity index is 2000. The first-order valence-electron chi connectivity index (χ1n) is 16.1. The average Bonchev–Trinajstić information content (AvgIpc) is 3.20. The van der Waals surface area contributed by atoms with Crippen LogP contribution in [0.5, 0.6) is 0 Å². The fraction of sp³-hybridized carbons (Fsp3) is 0. The maximum atomic E-state index is 5.44. The first kappa shape index (κ1) is 35.8. The number of nitrogens with zero attached hydrogens (tertiary/aromatic N) is 4. The normalized spacial score (nSPS) is 10.8. The van der Waals surface area contributed by atoms with Crippen LogP contribution in [0.4, 0.5) is 0 Å². The Hall–Kier alpha value is -4.98. The largest absolute Gasteiger partial charge is 2.00 e. The third-order valence-electron chi connectivity index (χ3n) is 8.47. The van der Waals surface area contributed by atoms with E-state index in [1.54, 1.807) is 0 Å². The smallest absolute Gasteiger partial charge is 0.305 e. The second-order valence-electron chi connectivity index (χ2n) is 11.5. The Labute approximate surface area is 327 Å². The van der Waals surface area contributed by atoms with E-state index >= 15 is 0 Å².